The molecule has 3 heterocycles. The zero-order valence-corrected chi connectivity index (χ0v) is 13.2. The first-order valence-corrected chi connectivity index (χ1v) is 8.02. The van der Waals surface area contributed by atoms with Gasteiger partial charge < -0.3 is 9.88 Å². The number of anilines is 1. The van der Waals surface area contributed by atoms with Gasteiger partial charge in [0.1, 0.15) is 5.82 Å². The quantitative estimate of drug-likeness (QED) is 0.804. The van der Waals surface area contributed by atoms with Crippen molar-refractivity contribution in [2.75, 3.05) is 31.1 Å². The maximum atomic E-state index is 4.73. The molecular formula is C17H20N6. The Morgan fingerprint density at radius 1 is 1.00 bits per heavy atom. The molecule has 4 rings (SSSR count). The maximum Gasteiger partial charge on any atom is 0.225 e. The fraction of sp³-hybridized carbons (Fsp3) is 0.353. The van der Waals surface area contributed by atoms with Crippen LogP contribution in [0.5, 0.6) is 0 Å². The number of nitrogens with zero attached hydrogens (tertiary/aromatic N) is 5. The van der Waals surface area contributed by atoms with E-state index in [1.54, 1.807) is 12.4 Å². The highest BCUT2D eigenvalue weighted by Gasteiger charge is 2.24. The van der Waals surface area contributed by atoms with Crippen LogP contribution in [0.1, 0.15) is 18.8 Å². The van der Waals surface area contributed by atoms with Crippen LogP contribution in [0, 0.1) is 0 Å². The topological polar surface area (TPSA) is 60.9 Å². The number of aromatic amines is 1. The fourth-order valence-corrected chi connectivity index (χ4v) is 3.11. The van der Waals surface area contributed by atoms with Gasteiger partial charge in [-0.25, -0.2) is 15.0 Å². The molecule has 1 aliphatic heterocycles. The van der Waals surface area contributed by atoms with E-state index < -0.39 is 0 Å². The van der Waals surface area contributed by atoms with Gasteiger partial charge >= 0.3 is 0 Å². The number of hydrogen-bond donors (Lipinski definition) is 1. The molecule has 23 heavy (non-hydrogen) atoms. The van der Waals surface area contributed by atoms with Crippen molar-refractivity contribution in [3.8, 4) is 0 Å². The summed E-state index contributed by atoms with van der Waals surface area (Å²) in [5.74, 6) is 1.86. The number of hydrogen-bond acceptors (Lipinski definition) is 5. The Kier molecular flexibility index (Phi) is 3.67. The van der Waals surface area contributed by atoms with E-state index in [0.29, 0.717) is 0 Å². The molecule has 1 saturated heterocycles. The number of fused-ring (bicyclic) bond motifs is 1. The number of para-hydroxylation sites is 2. The molecular weight excluding hydrogens is 288 g/mol. The number of rotatable bonds is 3. The van der Waals surface area contributed by atoms with Crippen molar-refractivity contribution in [3.63, 3.8) is 0 Å². The van der Waals surface area contributed by atoms with Gasteiger partial charge in [-0.05, 0) is 25.1 Å². The Hall–Kier alpha value is -2.47. The smallest absolute Gasteiger partial charge is 0.225 e. The van der Waals surface area contributed by atoms with Crippen LogP contribution in [-0.2, 0) is 0 Å². The van der Waals surface area contributed by atoms with Crippen LogP contribution >= 0.6 is 0 Å². The molecule has 6 nitrogen and oxygen atoms in total. The minimum atomic E-state index is 0.279. The lowest BCUT2D eigenvalue weighted by atomic mass is 10.2. The van der Waals surface area contributed by atoms with E-state index in [4.69, 9.17) is 4.98 Å². The first kappa shape index (κ1) is 14.1. The van der Waals surface area contributed by atoms with Crippen LogP contribution in [0.25, 0.3) is 11.0 Å². The van der Waals surface area contributed by atoms with Gasteiger partial charge in [0, 0.05) is 38.6 Å². The summed E-state index contributed by atoms with van der Waals surface area (Å²) < 4.78 is 0. The summed E-state index contributed by atoms with van der Waals surface area (Å²) in [4.78, 5) is 21.5. The third kappa shape index (κ3) is 2.77. The molecule has 1 aliphatic rings. The molecule has 3 aromatic rings. The Morgan fingerprint density at radius 3 is 2.48 bits per heavy atom. The average molecular weight is 308 g/mol. The van der Waals surface area contributed by atoms with Crippen molar-refractivity contribution < 1.29 is 0 Å². The summed E-state index contributed by atoms with van der Waals surface area (Å²) in [5.41, 5.74) is 2.14. The number of benzene rings is 1. The van der Waals surface area contributed by atoms with E-state index >= 15 is 0 Å². The Bertz CT molecular complexity index is 743. The molecule has 0 saturated carbocycles. The summed E-state index contributed by atoms with van der Waals surface area (Å²) in [7, 11) is 0. The van der Waals surface area contributed by atoms with Crippen LogP contribution in [0.4, 0.5) is 5.95 Å². The second-order valence-corrected chi connectivity index (χ2v) is 5.89. The predicted molar refractivity (Wildman–Crippen MR) is 90.3 cm³/mol. The molecule has 2 aromatic heterocycles. The van der Waals surface area contributed by atoms with Crippen molar-refractivity contribution in [2.45, 2.75) is 13.0 Å². The first-order valence-electron chi connectivity index (χ1n) is 8.02. The molecule has 1 aromatic carbocycles. The van der Waals surface area contributed by atoms with Crippen LogP contribution in [0.2, 0.25) is 0 Å². The first-order chi connectivity index (χ1) is 11.3. The van der Waals surface area contributed by atoms with E-state index in [1.807, 2.05) is 24.3 Å². The minimum Gasteiger partial charge on any atom is -0.341 e. The summed E-state index contributed by atoms with van der Waals surface area (Å²) in [5, 5.41) is 0. The van der Waals surface area contributed by atoms with Gasteiger partial charge in [0.05, 0.1) is 17.1 Å². The molecule has 1 N–H and O–H groups in total. The predicted octanol–water partition coefficient (Wildman–Crippen LogP) is 2.24. The van der Waals surface area contributed by atoms with Gasteiger partial charge in [0.2, 0.25) is 5.95 Å². The Labute approximate surface area is 135 Å². The third-order valence-electron chi connectivity index (χ3n) is 4.50. The molecule has 6 heteroatoms. The maximum absolute atomic E-state index is 4.73. The molecule has 1 unspecified atom stereocenters. The highest BCUT2D eigenvalue weighted by atomic mass is 15.3. The minimum absolute atomic E-state index is 0.279. The molecule has 0 aliphatic carbocycles. The van der Waals surface area contributed by atoms with Gasteiger partial charge in [-0.2, -0.15) is 0 Å². The van der Waals surface area contributed by atoms with Gasteiger partial charge in [-0.3, -0.25) is 4.90 Å². The zero-order valence-electron chi connectivity index (χ0n) is 13.2. The van der Waals surface area contributed by atoms with Crippen molar-refractivity contribution in [2.24, 2.45) is 0 Å². The largest absolute Gasteiger partial charge is 0.341 e. The second kappa shape index (κ2) is 5.96. The van der Waals surface area contributed by atoms with Gasteiger partial charge in [-0.1, -0.05) is 12.1 Å². The SMILES string of the molecule is CC(c1nc2ccccc2[nH]1)N1CCN(c2ncccn2)CC1. The van der Waals surface area contributed by atoms with E-state index in [0.717, 1.165) is 49.0 Å². The van der Waals surface area contributed by atoms with Gasteiger partial charge in [-0.15, -0.1) is 0 Å². The van der Waals surface area contributed by atoms with Crippen LogP contribution in [0.3, 0.4) is 0 Å². The number of imidazole rings is 1. The number of piperazine rings is 1. The van der Waals surface area contributed by atoms with Crippen LogP contribution < -0.4 is 4.90 Å². The zero-order chi connectivity index (χ0) is 15.6. The average Bonchev–Trinajstić information content (AvgIpc) is 3.06. The summed E-state index contributed by atoms with van der Waals surface area (Å²) in [6.07, 6.45) is 3.59. The lowest BCUT2D eigenvalue weighted by Gasteiger charge is -2.37. The summed E-state index contributed by atoms with van der Waals surface area (Å²) in [6, 6.07) is 10.3. The summed E-state index contributed by atoms with van der Waals surface area (Å²) >= 11 is 0. The van der Waals surface area contributed by atoms with Crippen LogP contribution in [-0.4, -0.2) is 51.0 Å². The van der Waals surface area contributed by atoms with Gasteiger partial charge in [0.25, 0.3) is 0 Å². The van der Waals surface area contributed by atoms with E-state index in [2.05, 4.69) is 37.7 Å². The van der Waals surface area contributed by atoms with Gasteiger partial charge in [0.15, 0.2) is 0 Å². The molecule has 0 radical (unpaired) electrons. The normalized spacial score (nSPS) is 17.5. The van der Waals surface area contributed by atoms with Crippen molar-refractivity contribution in [3.05, 3.63) is 48.5 Å². The highest BCUT2D eigenvalue weighted by molar-refractivity contribution is 5.74. The molecule has 0 spiro atoms. The van der Waals surface area contributed by atoms with E-state index in [1.165, 1.54) is 0 Å². The molecule has 0 bridgehead atoms. The summed E-state index contributed by atoms with van der Waals surface area (Å²) in [6.45, 7) is 6.06. The van der Waals surface area contributed by atoms with Crippen molar-refractivity contribution in [1.82, 2.24) is 24.8 Å². The molecule has 1 atom stereocenters. The van der Waals surface area contributed by atoms with E-state index in [-0.39, 0.29) is 6.04 Å². The standard InChI is InChI=1S/C17H20N6/c1-13(16-20-14-5-2-3-6-15(14)21-16)22-9-11-23(12-10-22)17-18-7-4-8-19-17/h2-8,13H,9-12H2,1H3,(H,20,21). The van der Waals surface area contributed by atoms with Crippen molar-refractivity contribution in [1.29, 1.82) is 0 Å². The number of aromatic nitrogens is 4. The lowest BCUT2D eigenvalue weighted by molar-refractivity contribution is 0.192. The highest BCUT2D eigenvalue weighted by Crippen LogP contribution is 2.22. The lowest BCUT2D eigenvalue weighted by Crippen LogP contribution is -2.47. The monoisotopic (exact) mass is 308 g/mol. The number of nitrogens with one attached hydrogen (secondary N) is 1. The fourth-order valence-electron chi connectivity index (χ4n) is 3.11. The Balaban J connectivity index is 1.45. The molecule has 118 valence electrons. The van der Waals surface area contributed by atoms with Crippen molar-refractivity contribution >= 4 is 17.0 Å². The molecule has 0 amide bonds. The molecule has 1 fully saturated rings. The third-order valence-corrected chi connectivity index (χ3v) is 4.50. The second-order valence-electron chi connectivity index (χ2n) is 5.89. The van der Waals surface area contributed by atoms with E-state index in [9.17, 15) is 0 Å². The Morgan fingerprint density at radius 2 is 1.74 bits per heavy atom. The number of H-pyrrole nitrogens is 1. The van der Waals surface area contributed by atoms with Crippen LogP contribution in [0.15, 0.2) is 42.7 Å².